The average Bonchev–Trinajstić information content (AvgIpc) is 2.82. The van der Waals surface area contributed by atoms with E-state index >= 15 is 0 Å². The highest BCUT2D eigenvalue weighted by Crippen LogP contribution is 2.27. The normalized spacial score (nSPS) is 12.2. The van der Waals surface area contributed by atoms with E-state index < -0.39 is 0 Å². The van der Waals surface area contributed by atoms with Crippen molar-refractivity contribution in [1.29, 1.82) is 0 Å². The molecule has 1 N–H and O–H groups in total. The fraction of sp³-hybridized carbons (Fsp3) is 0.423. The third kappa shape index (κ3) is 6.04. The molecule has 0 spiro atoms. The molecule has 34 heavy (non-hydrogen) atoms. The van der Waals surface area contributed by atoms with E-state index in [0.717, 1.165) is 10.9 Å². The summed E-state index contributed by atoms with van der Waals surface area (Å²) in [7, 11) is 1.61. The van der Waals surface area contributed by atoms with Gasteiger partial charge in [-0.2, -0.15) is 0 Å². The third-order valence-electron chi connectivity index (χ3n) is 5.79. The first-order valence-electron chi connectivity index (χ1n) is 11.7. The Morgan fingerprint density at radius 2 is 1.88 bits per heavy atom. The topological polar surface area (TPSA) is 76.5 Å². The highest BCUT2D eigenvalue weighted by atomic mass is 79.9. The van der Waals surface area contributed by atoms with Crippen molar-refractivity contribution in [1.82, 2.24) is 14.5 Å². The van der Waals surface area contributed by atoms with Gasteiger partial charge in [0.05, 0.1) is 35.8 Å². The van der Waals surface area contributed by atoms with Crippen LogP contribution in [0, 0.1) is 5.92 Å². The van der Waals surface area contributed by atoms with Crippen LogP contribution in [0.25, 0.3) is 10.9 Å². The van der Waals surface area contributed by atoms with Crippen LogP contribution in [-0.2, 0) is 11.3 Å². The first-order valence-corrected chi connectivity index (χ1v) is 12.5. The van der Waals surface area contributed by atoms with E-state index in [0.29, 0.717) is 54.4 Å². The maximum atomic E-state index is 13.6. The Bertz CT molecular complexity index is 1180. The molecule has 0 aliphatic rings. The van der Waals surface area contributed by atoms with E-state index in [1.165, 1.54) is 0 Å². The van der Waals surface area contributed by atoms with Crippen molar-refractivity contribution in [2.75, 3.05) is 25.6 Å². The van der Waals surface area contributed by atoms with Crippen molar-refractivity contribution < 1.29 is 9.53 Å². The van der Waals surface area contributed by atoms with Crippen LogP contribution >= 0.6 is 15.9 Å². The number of fused-ring (bicyclic) bond motifs is 1. The molecule has 2 amide bonds. The number of ether oxygens (including phenoxy) is 1. The second kappa shape index (κ2) is 12.1. The van der Waals surface area contributed by atoms with Gasteiger partial charge in [0.2, 0.25) is 0 Å². The van der Waals surface area contributed by atoms with Crippen LogP contribution in [0.3, 0.4) is 0 Å². The van der Waals surface area contributed by atoms with Crippen LogP contribution in [-0.4, -0.2) is 40.7 Å². The molecule has 1 heterocycles. The highest BCUT2D eigenvalue weighted by Gasteiger charge is 2.29. The number of nitrogens with one attached hydrogen (secondary N) is 1. The number of rotatable bonds is 10. The molecular formula is C26H33BrN4O3. The third-order valence-corrected chi connectivity index (χ3v) is 6.49. The molecule has 0 bridgehead atoms. The number of nitrogens with zero attached hydrogens (tertiary/aromatic N) is 3. The molecule has 1 atom stereocenters. The number of amides is 2. The fourth-order valence-electron chi connectivity index (χ4n) is 3.93. The van der Waals surface area contributed by atoms with Gasteiger partial charge in [-0.3, -0.25) is 9.36 Å². The number of methoxy groups -OCH3 is 1. The number of carbonyl (C=O) groups excluding carboxylic acids is 1. The number of hydrogen-bond donors (Lipinski definition) is 1. The minimum Gasteiger partial charge on any atom is -0.383 e. The van der Waals surface area contributed by atoms with Crippen LogP contribution in [0.15, 0.2) is 57.8 Å². The molecule has 7 nitrogen and oxygen atoms in total. The van der Waals surface area contributed by atoms with Gasteiger partial charge >= 0.3 is 6.03 Å². The van der Waals surface area contributed by atoms with Gasteiger partial charge in [-0.25, -0.2) is 9.78 Å². The number of aromatic nitrogens is 2. The maximum absolute atomic E-state index is 13.6. The summed E-state index contributed by atoms with van der Waals surface area (Å²) in [5.74, 6) is 0.991. The average molecular weight is 529 g/mol. The lowest BCUT2D eigenvalue weighted by Gasteiger charge is -2.33. The van der Waals surface area contributed by atoms with Crippen LogP contribution in [0.1, 0.15) is 45.5 Å². The van der Waals surface area contributed by atoms with Gasteiger partial charge in [0.1, 0.15) is 5.82 Å². The molecular weight excluding hydrogens is 496 g/mol. The van der Waals surface area contributed by atoms with E-state index in [-0.39, 0.29) is 17.6 Å². The van der Waals surface area contributed by atoms with E-state index in [2.05, 4.69) is 35.1 Å². The molecule has 0 fully saturated rings. The van der Waals surface area contributed by atoms with Crippen LogP contribution in [0.2, 0.25) is 0 Å². The summed E-state index contributed by atoms with van der Waals surface area (Å²) in [6.07, 6.45) is 1.44. The molecule has 0 saturated heterocycles. The zero-order valence-corrected chi connectivity index (χ0v) is 21.8. The minimum absolute atomic E-state index is 0.119. The number of urea groups is 1. The Kier molecular flexibility index (Phi) is 9.24. The lowest BCUT2D eigenvalue weighted by atomic mass is 10.1. The highest BCUT2D eigenvalue weighted by molar-refractivity contribution is 9.10. The van der Waals surface area contributed by atoms with Crippen LogP contribution in [0.5, 0.6) is 0 Å². The van der Waals surface area contributed by atoms with Crippen molar-refractivity contribution in [3.8, 4) is 0 Å². The van der Waals surface area contributed by atoms with Gasteiger partial charge in [0.25, 0.3) is 5.56 Å². The molecule has 1 aromatic heterocycles. The van der Waals surface area contributed by atoms with Crippen molar-refractivity contribution in [2.45, 2.75) is 46.2 Å². The molecule has 0 saturated carbocycles. The SMILES string of the molecule is CCC(c1nc2ccccc2c(=O)n1CCOC)N(CCC(C)C)C(=O)Nc1ccccc1Br. The maximum Gasteiger partial charge on any atom is 0.322 e. The zero-order chi connectivity index (χ0) is 24.7. The smallest absolute Gasteiger partial charge is 0.322 e. The van der Waals surface area contributed by atoms with Gasteiger partial charge in [0.15, 0.2) is 0 Å². The fourth-order valence-corrected chi connectivity index (χ4v) is 4.31. The van der Waals surface area contributed by atoms with E-state index in [9.17, 15) is 9.59 Å². The Hall–Kier alpha value is -2.71. The summed E-state index contributed by atoms with van der Waals surface area (Å²) in [5.41, 5.74) is 1.20. The van der Waals surface area contributed by atoms with Gasteiger partial charge in [0, 0.05) is 18.1 Å². The summed E-state index contributed by atoms with van der Waals surface area (Å²) in [4.78, 5) is 33.7. The summed E-state index contributed by atoms with van der Waals surface area (Å²) < 4.78 is 7.74. The summed E-state index contributed by atoms with van der Waals surface area (Å²) in [6.45, 7) is 7.56. The van der Waals surface area contributed by atoms with Crippen LogP contribution < -0.4 is 10.9 Å². The number of benzene rings is 2. The second-order valence-corrected chi connectivity index (χ2v) is 9.50. The van der Waals surface area contributed by atoms with Gasteiger partial charge in [-0.05, 0) is 59.0 Å². The predicted molar refractivity (Wildman–Crippen MR) is 140 cm³/mol. The molecule has 0 aliphatic carbocycles. The first kappa shape index (κ1) is 25.9. The zero-order valence-electron chi connectivity index (χ0n) is 20.3. The largest absolute Gasteiger partial charge is 0.383 e. The van der Waals surface area contributed by atoms with Crippen LogP contribution in [0.4, 0.5) is 10.5 Å². The number of hydrogen-bond acceptors (Lipinski definition) is 4. The standard InChI is InChI=1S/C26H33BrN4O3/c1-5-23(24-28-21-12-8-6-10-19(21)25(32)31(24)16-17-34-4)30(15-14-18(2)3)26(33)29-22-13-9-7-11-20(22)27/h6-13,18,23H,5,14-17H2,1-4H3,(H,29,33). The van der Waals surface area contributed by atoms with E-state index in [1.54, 1.807) is 22.6 Å². The number of halogens is 1. The molecule has 8 heteroatoms. The summed E-state index contributed by atoms with van der Waals surface area (Å²) in [6, 6.07) is 14.3. The Balaban J connectivity index is 2.09. The molecule has 1 unspecified atom stereocenters. The first-order chi connectivity index (χ1) is 16.4. The predicted octanol–water partition coefficient (Wildman–Crippen LogP) is 5.84. The van der Waals surface area contributed by atoms with E-state index in [1.807, 2.05) is 49.4 Å². The minimum atomic E-state index is -0.379. The molecule has 0 radical (unpaired) electrons. The number of anilines is 1. The van der Waals surface area contributed by atoms with Crippen molar-refractivity contribution in [3.63, 3.8) is 0 Å². The van der Waals surface area contributed by atoms with Gasteiger partial charge in [-0.15, -0.1) is 0 Å². The molecule has 2 aromatic carbocycles. The lowest BCUT2D eigenvalue weighted by molar-refractivity contribution is 0.166. The second-order valence-electron chi connectivity index (χ2n) is 8.65. The molecule has 0 aliphatic heterocycles. The van der Waals surface area contributed by atoms with Crippen molar-refractivity contribution in [2.24, 2.45) is 5.92 Å². The van der Waals surface area contributed by atoms with Crippen molar-refractivity contribution in [3.05, 3.63) is 69.2 Å². The summed E-state index contributed by atoms with van der Waals surface area (Å²) in [5, 5.41) is 3.59. The Morgan fingerprint density at radius 1 is 1.18 bits per heavy atom. The monoisotopic (exact) mass is 528 g/mol. The van der Waals surface area contributed by atoms with Crippen molar-refractivity contribution >= 4 is 38.6 Å². The Labute approximate surface area is 209 Å². The summed E-state index contributed by atoms with van der Waals surface area (Å²) >= 11 is 3.51. The quantitative estimate of drug-likeness (QED) is 0.358. The number of para-hydroxylation sites is 2. The van der Waals surface area contributed by atoms with Gasteiger partial charge < -0.3 is 15.0 Å². The van der Waals surface area contributed by atoms with E-state index in [4.69, 9.17) is 9.72 Å². The molecule has 182 valence electrons. The van der Waals surface area contributed by atoms with Gasteiger partial charge in [-0.1, -0.05) is 45.0 Å². The Morgan fingerprint density at radius 3 is 2.56 bits per heavy atom. The number of carbonyl (C=O) groups is 1. The molecule has 3 rings (SSSR count). The molecule has 3 aromatic rings. The lowest BCUT2D eigenvalue weighted by Crippen LogP contribution is -2.42.